The molecule has 0 fully saturated rings. The molecule has 0 unspecified atom stereocenters. The van der Waals surface area contributed by atoms with E-state index in [1.54, 1.807) is 6.20 Å². The van der Waals surface area contributed by atoms with E-state index in [1.165, 1.54) is 10.9 Å². The second kappa shape index (κ2) is 4.25. The summed E-state index contributed by atoms with van der Waals surface area (Å²) in [5.74, 6) is 0. The number of nitrogens with two attached hydrogens (primary N) is 1. The zero-order chi connectivity index (χ0) is 8.39. The molecule has 0 radical (unpaired) electrons. The summed E-state index contributed by atoms with van der Waals surface area (Å²) in [6.45, 7) is 0.690. The number of nitrogens with zero attached hydrogens (tertiary/aromatic N) is 1. The van der Waals surface area contributed by atoms with E-state index in [0.717, 1.165) is 11.9 Å². The average Bonchev–Trinajstić information content (AvgIpc) is 2.50. The minimum Gasteiger partial charge on any atom is -0.360 e. The maximum atomic E-state index is 5.48. The smallest absolute Gasteiger partial charge is 0.0643 e. The van der Waals surface area contributed by atoms with Gasteiger partial charge >= 0.3 is 0 Å². The van der Waals surface area contributed by atoms with Crippen molar-refractivity contribution in [2.45, 2.75) is 6.42 Å². The van der Waals surface area contributed by atoms with Crippen LogP contribution < -0.4 is 5.73 Å². The second-order valence-electron chi connectivity index (χ2n) is 2.77. The highest BCUT2D eigenvalue weighted by Crippen LogP contribution is 2.16. The van der Waals surface area contributed by atoms with E-state index >= 15 is 0 Å². The van der Waals surface area contributed by atoms with Crippen LogP contribution in [0.3, 0.4) is 0 Å². The van der Waals surface area contributed by atoms with Crippen molar-refractivity contribution in [1.82, 2.24) is 9.97 Å². The molecule has 0 aromatic carbocycles. The lowest BCUT2D eigenvalue weighted by Gasteiger charge is -1.93. The van der Waals surface area contributed by atoms with E-state index in [4.69, 9.17) is 5.73 Å². The van der Waals surface area contributed by atoms with Gasteiger partial charge in [0.1, 0.15) is 0 Å². The predicted octanol–water partition coefficient (Wildman–Crippen LogP) is 1.49. The van der Waals surface area contributed by atoms with Gasteiger partial charge in [-0.15, -0.1) is 12.4 Å². The molecule has 2 rings (SSSR count). The summed E-state index contributed by atoms with van der Waals surface area (Å²) in [5, 5.41) is 1.23. The highest BCUT2D eigenvalue weighted by atomic mass is 35.5. The Morgan fingerprint density at radius 1 is 1.46 bits per heavy atom. The lowest BCUT2D eigenvalue weighted by atomic mass is 10.1. The molecule has 0 atom stereocenters. The minimum absolute atomic E-state index is 0. The molecule has 2 aromatic rings. The summed E-state index contributed by atoms with van der Waals surface area (Å²) in [7, 11) is 0. The van der Waals surface area contributed by atoms with Gasteiger partial charge in [0.15, 0.2) is 0 Å². The maximum absolute atomic E-state index is 5.48. The van der Waals surface area contributed by atoms with Crippen LogP contribution in [0.4, 0.5) is 0 Å². The number of halogens is 1. The summed E-state index contributed by atoms with van der Waals surface area (Å²) >= 11 is 0. The predicted molar refractivity (Wildman–Crippen MR) is 56.1 cm³/mol. The third kappa shape index (κ3) is 1.82. The Balaban J connectivity index is 0.000000845. The fourth-order valence-corrected chi connectivity index (χ4v) is 1.39. The normalized spacial score (nSPS) is 9.92. The van der Waals surface area contributed by atoms with E-state index < -0.39 is 0 Å². The maximum Gasteiger partial charge on any atom is 0.0643 e. The van der Waals surface area contributed by atoms with Gasteiger partial charge in [-0.1, -0.05) is 0 Å². The third-order valence-corrected chi connectivity index (χ3v) is 1.98. The number of H-pyrrole nitrogens is 1. The Morgan fingerprint density at radius 2 is 2.31 bits per heavy atom. The van der Waals surface area contributed by atoms with Crippen LogP contribution in [0.1, 0.15) is 5.56 Å². The van der Waals surface area contributed by atoms with Crippen LogP contribution in [0.5, 0.6) is 0 Å². The Hall–Kier alpha value is -1.06. The molecule has 0 amide bonds. The van der Waals surface area contributed by atoms with Crippen molar-refractivity contribution < 1.29 is 0 Å². The largest absolute Gasteiger partial charge is 0.360 e. The van der Waals surface area contributed by atoms with E-state index in [0.29, 0.717) is 6.54 Å². The van der Waals surface area contributed by atoms with Gasteiger partial charge in [0.25, 0.3) is 0 Å². The number of hydrogen-bond donors (Lipinski definition) is 2. The average molecular weight is 198 g/mol. The number of aromatic nitrogens is 2. The van der Waals surface area contributed by atoms with Crippen molar-refractivity contribution in [2.75, 3.05) is 6.54 Å². The van der Waals surface area contributed by atoms with Crippen LogP contribution in [0.15, 0.2) is 24.7 Å². The molecular formula is C9H12ClN3. The van der Waals surface area contributed by atoms with Crippen LogP contribution in [-0.4, -0.2) is 16.5 Å². The monoisotopic (exact) mass is 197 g/mol. The van der Waals surface area contributed by atoms with Crippen molar-refractivity contribution in [3.8, 4) is 0 Å². The van der Waals surface area contributed by atoms with Crippen molar-refractivity contribution in [1.29, 1.82) is 0 Å². The Kier molecular flexibility index (Phi) is 3.28. The molecule has 4 heteroatoms. The number of rotatable bonds is 2. The summed E-state index contributed by atoms with van der Waals surface area (Å²) < 4.78 is 0. The van der Waals surface area contributed by atoms with Crippen LogP contribution in [-0.2, 0) is 6.42 Å². The zero-order valence-corrected chi connectivity index (χ0v) is 7.97. The number of pyridine rings is 1. The fraction of sp³-hybridized carbons (Fsp3) is 0.222. The summed E-state index contributed by atoms with van der Waals surface area (Å²) in [5.41, 5.74) is 7.84. The van der Waals surface area contributed by atoms with Gasteiger partial charge in [-0.2, -0.15) is 0 Å². The zero-order valence-electron chi connectivity index (χ0n) is 7.16. The lowest BCUT2D eigenvalue weighted by molar-refractivity contribution is 0.976. The first-order chi connectivity index (χ1) is 5.92. The first kappa shape index (κ1) is 10.0. The fourth-order valence-electron chi connectivity index (χ4n) is 1.39. The summed E-state index contributed by atoms with van der Waals surface area (Å²) in [6.07, 6.45) is 6.55. The van der Waals surface area contributed by atoms with Gasteiger partial charge < -0.3 is 10.7 Å². The van der Waals surface area contributed by atoms with Crippen LogP contribution in [0.25, 0.3) is 10.9 Å². The topological polar surface area (TPSA) is 54.7 Å². The number of hydrogen-bond acceptors (Lipinski definition) is 2. The Labute approximate surface area is 82.8 Å². The Bertz CT molecular complexity index is 383. The van der Waals surface area contributed by atoms with Gasteiger partial charge in [-0.25, -0.2) is 0 Å². The van der Waals surface area contributed by atoms with E-state index in [9.17, 15) is 0 Å². The van der Waals surface area contributed by atoms with Gasteiger partial charge in [0, 0.05) is 17.8 Å². The molecule has 0 bridgehead atoms. The molecular weight excluding hydrogens is 186 g/mol. The van der Waals surface area contributed by atoms with Crippen molar-refractivity contribution in [2.24, 2.45) is 5.73 Å². The van der Waals surface area contributed by atoms with Gasteiger partial charge in [0.2, 0.25) is 0 Å². The van der Waals surface area contributed by atoms with Gasteiger partial charge in [-0.05, 0) is 24.6 Å². The SMILES string of the molecule is Cl.NCCc1c[nH]c2cnccc12. The van der Waals surface area contributed by atoms with Gasteiger partial charge in [-0.3, -0.25) is 4.98 Å². The first-order valence-electron chi connectivity index (χ1n) is 4.02. The van der Waals surface area contributed by atoms with E-state index in [2.05, 4.69) is 9.97 Å². The molecule has 3 N–H and O–H groups in total. The highest BCUT2D eigenvalue weighted by Gasteiger charge is 2.00. The minimum atomic E-state index is 0. The lowest BCUT2D eigenvalue weighted by Crippen LogP contribution is -2.01. The number of nitrogens with one attached hydrogen (secondary N) is 1. The first-order valence-corrected chi connectivity index (χ1v) is 4.02. The van der Waals surface area contributed by atoms with Crippen molar-refractivity contribution >= 4 is 23.3 Å². The van der Waals surface area contributed by atoms with Crippen LogP contribution in [0.2, 0.25) is 0 Å². The second-order valence-corrected chi connectivity index (χ2v) is 2.77. The quantitative estimate of drug-likeness (QED) is 0.767. The number of aromatic amines is 1. The molecule has 0 aliphatic carbocycles. The molecule has 3 nitrogen and oxygen atoms in total. The molecule has 0 spiro atoms. The molecule has 2 heterocycles. The molecule has 0 aliphatic heterocycles. The standard InChI is InChI=1S/C9H11N3.ClH/c10-3-1-7-5-12-9-6-11-4-2-8(7)9;/h2,4-6,12H,1,3,10H2;1H. The molecule has 0 saturated carbocycles. The molecule has 13 heavy (non-hydrogen) atoms. The summed E-state index contributed by atoms with van der Waals surface area (Å²) in [6, 6.07) is 2.01. The van der Waals surface area contributed by atoms with E-state index in [-0.39, 0.29) is 12.4 Å². The van der Waals surface area contributed by atoms with E-state index in [1.807, 2.05) is 18.5 Å². The van der Waals surface area contributed by atoms with Gasteiger partial charge in [0.05, 0.1) is 11.7 Å². The van der Waals surface area contributed by atoms with Crippen LogP contribution in [0, 0.1) is 0 Å². The summed E-state index contributed by atoms with van der Waals surface area (Å²) in [4.78, 5) is 7.18. The molecule has 70 valence electrons. The third-order valence-electron chi connectivity index (χ3n) is 1.98. The highest BCUT2D eigenvalue weighted by molar-refractivity contribution is 5.85. The molecule has 0 aliphatic rings. The van der Waals surface area contributed by atoms with Crippen LogP contribution >= 0.6 is 12.4 Å². The van der Waals surface area contributed by atoms with Crippen molar-refractivity contribution in [3.63, 3.8) is 0 Å². The van der Waals surface area contributed by atoms with Crippen molar-refractivity contribution in [3.05, 3.63) is 30.2 Å². The number of fused-ring (bicyclic) bond motifs is 1. The molecule has 2 aromatic heterocycles. The molecule has 0 saturated heterocycles. The Morgan fingerprint density at radius 3 is 3.08 bits per heavy atom.